The van der Waals surface area contributed by atoms with Crippen molar-refractivity contribution < 1.29 is 35.2 Å². The number of hydrogen-bond acceptors (Lipinski definition) is 4. The van der Waals surface area contributed by atoms with Crippen LogP contribution in [0.4, 0.5) is 27.6 Å². The molecule has 1 aromatic carbocycles. The van der Waals surface area contributed by atoms with Crippen molar-refractivity contribution in [2.75, 3.05) is 5.32 Å². The van der Waals surface area contributed by atoms with E-state index in [1.165, 1.54) is 12.1 Å². The van der Waals surface area contributed by atoms with Gasteiger partial charge in [-0.2, -0.15) is 18.3 Å². The Hall–Kier alpha value is -2.54. The first-order valence-electron chi connectivity index (χ1n) is 9.21. The van der Waals surface area contributed by atoms with E-state index < -0.39 is 39.3 Å². The zero-order valence-corrected chi connectivity index (χ0v) is 16.8. The molecule has 1 saturated carbocycles. The maximum Gasteiger partial charge on any atom is 0.420 e. The molecule has 1 fully saturated rings. The van der Waals surface area contributed by atoms with Crippen LogP contribution in [-0.2, 0) is 22.7 Å². The number of nitrogens with two attached hydrogens (primary N) is 1. The molecule has 0 bridgehead atoms. The van der Waals surface area contributed by atoms with Crippen molar-refractivity contribution in [3.63, 3.8) is 0 Å². The van der Waals surface area contributed by atoms with Crippen molar-refractivity contribution >= 4 is 21.6 Å². The molecule has 170 valence electrons. The number of primary sulfonamides is 1. The SMILES string of the molecule is NS(=O)(=O)c1cccc(NC(=O)c2c(C(F)(F)F)cnn2CC2CCC(F)(F)CC2)c1. The second kappa shape index (κ2) is 8.19. The van der Waals surface area contributed by atoms with Crippen LogP contribution in [0.5, 0.6) is 0 Å². The fourth-order valence-electron chi connectivity index (χ4n) is 3.44. The fraction of sp³-hybridized carbons (Fsp3) is 0.444. The number of sulfonamides is 1. The minimum absolute atomic E-state index is 0.0882. The van der Waals surface area contributed by atoms with E-state index in [9.17, 15) is 35.2 Å². The molecule has 31 heavy (non-hydrogen) atoms. The number of amides is 1. The highest BCUT2D eigenvalue weighted by Crippen LogP contribution is 2.38. The summed E-state index contributed by atoms with van der Waals surface area (Å²) in [6, 6.07) is 4.71. The standard InChI is InChI=1S/C18H19F5N4O3S/c19-17(20)6-4-11(5-7-17)10-27-15(14(9-25-27)18(21,22)23)16(28)26-12-2-1-3-13(8-12)31(24,29)30/h1-3,8-9,11H,4-7,10H2,(H,26,28)(H2,24,29,30). The Bertz CT molecular complexity index is 1070. The van der Waals surface area contributed by atoms with Crippen LogP contribution in [0, 0.1) is 5.92 Å². The molecule has 1 aliphatic rings. The maximum atomic E-state index is 13.4. The van der Waals surface area contributed by atoms with Crippen LogP contribution >= 0.6 is 0 Å². The van der Waals surface area contributed by atoms with Crippen molar-refractivity contribution in [1.29, 1.82) is 0 Å². The average Bonchev–Trinajstić information content (AvgIpc) is 3.07. The first kappa shape index (κ1) is 23.1. The lowest BCUT2D eigenvalue weighted by atomic mass is 9.87. The maximum absolute atomic E-state index is 13.4. The molecule has 3 rings (SSSR count). The molecule has 0 aliphatic heterocycles. The normalized spacial score (nSPS) is 17.5. The molecular weight excluding hydrogens is 447 g/mol. The number of rotatable bonds is 5. The van der Waals surface area contributed by atoms with Gasteiger partial charge in [0.15, 0.2) is 0 Å². The van der Waals surface area contributed by atoms with Crippen molar-refractivity contribution in [3.05, 3.63) is 41.7 Å². The average molecular weight is 466 g/mol. The highest BCUT2D eigenvalue weighted by Gasteiger charge is 2.40. The van der Waals surface area contributed by atoms with E-state index in [4.69, 9.17) is 5.14 Å². The first-order chi connectivity index (χ1) is 14.3. The van der Waals surface area contributed by atoms with Gasteiger partial charge in [-0.3, -0.25) is 9.48 Å². The number of aromatic nitrogens is 2. The summed E-state index contributed by atoms with van der Waals surface area (Å²) < 4.78 is 90.8. The second-order valence-electron chi connectivity index (χ2n) is 7.41. The summed E-state index contributed by atoms with van der Waals surface area (Å²) in [5.41, 5.74) is -2.16. The van der Waals surface area contributed by atoms with Gasteiger partial charge in [0, 0.05) is 25.1 Å². The predicted octanol–water partition coefficient (Wildman–Crippen LogP) is 3.63. The van der Waals surface area contributed by atoms with E-state index in [0.29, 0.717) is 6.20 Å². The minimum Gasteiger partial charge on any atom is -0.321 e. The number of nitrogens with zero attached hydrogens (tertiary/aromatic N) is 2. The fourth-order valence-corrected chi connectivity index (χ4v) is 4.00. The summed E-state index contributed by atoms with van der Waals surface area (Å²) in [6.07, 6.45) is -4.96. The molecule has 13 heteroatoms. The third-order valence-corrected chi connectivity index (χ3v) is 5.96. The van der Waals surface area contributed by atoms with Gasteiger partial charge in [0.05, 0.1) is 11.1 Å². The van der Waals surface area contributed by atoms with Crippen LogP contribution in [0.2, 0.25) is 0 Å². The number of alkyl halides is 5. The number of carbonyl (C=O) groups excluding carboxylic acids is 1. The molecule has 0 radical (unpaired) electrons. The second-order valence-corrected chi connectivity index (χ2v) is 8.97. The van der Waals surface area contributed by atoms with Gasteiger partial charge in [-0.15, -0.1) is 0 Å². The van der Waals surface area contributed by atoms with Crippen LogP contribution in [0.25, 0.3) is 0 Å². The monoisotopic (exact) mass is 466 g/mol. The number of nitrogens with one attached hydrogen (secondary N) is 1. The van der Waals surface area contributed by atoms with Gasteiger partial charge < -0.3 is 5.32 Å². The van der Waals surface area contributed by atoms with Gasteiger partial charge >= 0.3 is 6.18 Å². The zero-order chi connectivity index (χ0) is 23.0. The first-order valence-corrected chi connectivity index (χ1v) is 10.8. The van der Waals surface area contributed by atoms with E-state index in [1.807, 2.05) is 0 Å². The summed E-state index contributed by atoms with van der Waals surface area (Å²) in [6.45, 7) is -0.133. The molecular formula is C18H19F5N4O3S. The predicted molar refractivity (Wildman–Crippen MR) is 99.9 cm³/mol. The molecule has 0 unspecified atom stereocenters. The molecule has 0 saturated heterocycles. The van der Waals surface area contributed by atoms with Crippen molar-refractivity contribution in [2.24, 2.45) is 11.1 Å². The van der Waals surface area contributed by atoms with E-state index in [0.717, 1.165) is 16.8 Å². The van der Waals surface area contributed by atoms with E-state index in [1.54, 1.807) is 0 Å². The van der Waals surface area contributed by atoms with E-state index in [-0.39, 0.29) is 48.7 Å². The Kier molecular flexibility index (Phi) is 6.11. The number of carbonyl (C=O) groups is 1. The summed E-state index contributed by atoms with van der Waals surface area (Å²) in [5, 5.41) is 10.9. The smallest absolute Gasteiger partial charge is 0.321 e. The van der Waals surface area contributed by atoms with Gasteiger partial charge in [-0.05, 0) is 37.0 Å². The van der Waals surface area contributed by atoms with Gasteiger partial charge in [0.1, 0.15) is 11.3 Å². The van der Waals surface area contributed by atoms with Gasteiger partial charge in [0.25, 0.3) is 5.91 Å². The van der Waals surface area contributed by atoms with Crippen molar-refractivity contribution in [3.8, 4) is 0 Å². The van der Waals surface area contributed by atoms with Crippen LogP contribution < -0.4 is 10.5 Å². The summed E-state index contributed by atoms with van der Waals surface area (Å²) in [7, 11) is -4.09. The molecule has 1 amide bonds. The summed E-state index contributed by atoms with van der Waals surface area (Å²) in [5.74, 6) is -4.33. The lowest BCUT2D eigenvalue weighted by molar-refractivity contribution is -0.138. The number of anilines is 1. The van der Waals surface area contributed by atoms with Crippen molar-refractivity contribution in [1.82, 2.24) is 9.78 Å². The van der Waals surface area contributed by atoms with Gasteiger partial charge in [-0.1, -0.05) is 6.07 Å². The molecule has 3 N–H and O–H groups in total. The van der Waals surface area contributed by atoms with Gasteiger partial charge in [-0.25, -0.2) is 22.3 Å². The van der Waals surface area contributed by atoms with Gasteiger partial charge in [0.2, 0.25) is 15.9 Å². The lowest BCUT2D eigenvalue weighted by Gasteiger charge is -2.28. The van der Waals surface area contributed by atoms with E-state index >= 15 is 0 Å². The third kappa shape index (κ3) is 5.58. The number of hydrogen-bond donors (Lipinski definition) is 2. The Morgan fingerprint density at radius 3 is 2.48 bits per heavy atom. The van der Waals surface area contributed by atoms with Crippen LogP contribution in [0.15, 0.2) is 35.4 Å². The van der Waals surface area contributed by atoms with Crippen LogP contribution in [0.1, 0.15) is 41.7 Å². The molecule has 7 nitrogen and oxygen atoms in total. The Labute approximate surface area is 174 Å². The van der Waals surface area contributed by atoms with Crippen molar-refractivity contribution in [2.45, 2.75) is 49.2 Å². The van der Waals surface area contributed by atoms with Crippen LogP contribution in [-0.4, -0.2) is 30.0 Å². The third-order valence-electron chi connectivity index (χ3n) is 5.05. The van der Waals surface area contributed by atoms with E-state index in [2.05, 4.69) is 10.4 Å². The quantitative estimate of drug-likeness (QED) is 0.657. The highest BCUT2D eigenvalue weighted by atomic mass is 32.2. The molecule has 1 heterocycles. The Morgan fingerprint density at radius 2 is 1.90 bits per heavy atom. The van der Waals surface area contributed by atoms with Crippen LogP contribution in [0.3, 0.4) is 0 Å². The largest absolute Gasteiger partial charge is 0.420 e. The number of benzene rings is 1. The Balaban J connectivity index is 1.88. The molecule has 1 aromatic heterocycles. The highest BCUT2D eigenvalue weighted by molar-refractivity contribution is 7.89. The molecule has 2 aromatic rings. The zero-order valence-electron chi connectivity index (χ0n) is 16.0. The molecule has 0 spiro atoms. The molecule has 0 atom stereocenters. The Morgan fingerprint density at radius 1 is 1.26 bits per heavy atom. The lowest BCUT2D eigenvalue weighted by Crippen LogP contribution is -2.29. The summed E-state index contributed by atoms with van der Waals surface area (Å²) in [4.78, 5) is 12.4. The number of halogens is 5. The minimum atomic E-state index is -4.88. The topological polar surface area (TPSA) is 107 Å². The molecule has 1 aliphatic carbocycles. The summed E-state index contributed by atoms with van der Waals surface area (Å²) >= 11 is 0.